The minimum atomic E-state index is 0.379. The van der Waals surface area contributed by atoms with Crippen LogP contribution in [0, 0.1) is 13.8 Å². The first-order chi connectivity index (χ1) is 6.97. The first-order valence-electron chi connectivity index (χ1n) is 5.24. The Bertz CT molecular complexity index is 350. The van der Waals surface area contributed by atoms with Crippen molar-refractivity contribution in [2.24, 2.45) is 0 Å². The zero-order chi connectivity index (χ0) is 11.6. The van der Waals surface area contributed by atoms with E-state index in [1.165, 1.54) is 0 Å². The van der Waals surface area contributed by atoms with E-state index < -0.39 is 0 Å². The number of hydrogen-bond donors (Lipinski definition) is 0. The Kier molecular flexibility index (Phi) is 3.91. The third-order valence-corrected chi connectivity index (χ3v) is 2.74. The third kappa shape index (κ3) is 2.59. The summed E-state index contributed by atoms with van der Waals surface area (Å²) >= 11 is 6.10. The molecule has 0 fully saturated rings. The summed E-state index contributed by atoms with van der Waals surface area (Å²) < 4.78 is 0. The van der Waals surface area contributed by atoms with Gasteiger partial charge < -0.3 is 4.90 Å². The van der Waals surface area contributed by atoms with Crippen LogP contribution in [-0.4, -0.2) is 22.6 Å². The number of aryl methyl sites for hydroxylation is 2. The zero-order valence-electron chi connectivity index (χ0n) is 10.0. The van der Waals surface area contributed by atoms with E-state index in [-0.39, 0.29) is 0 Å². The molecule has 0 amide bonds. The Labute approximate surface area is 96.5 Å². The molecular weight excluding hydrogens is 210 g/mol. The topological polar surface area (TPSA) is 29.0 Å². The standard InChI is InChI=1S/C11H18ClN3/c1-6-15(7(2)3)11-10(12)13-8(4)9(5)14-11/h7H,6H2,1-5H3. The lowest BCUT2D eigenvalue weighted by molar-refractivity contribution is 0.689. The minimum Gasteiger partial charge on any atom is -0.352 e. The van der Waals surface area contributed by atoms with Gasteiger partial charge in [0.05, 0.1) is 11.4 Å². The first kappa shape index (κ1) is 12.2. The van der Waals surface area contributed by atoms with E-state index in [0.717, 1.165) is 23.8 Å². The van der Waals surface area contributed by atoms with Gasteiger partial charge in [0.15, 0.2) is 11.0 Å². The highest BCUT2D eigenvalue weighted by molar-refractivity contribution is 6.31. The monoisotopic (exact) mass is 227 g/mol. The number of halogens is 1. The third-order valence-electron chi connectivity index (χ3n) is 2.48. The summed E-state index contributed by atoms with van der Waals surface area (Å²) in [6.45, 7) is 11.1. The van der Waals surface area contributed by atoms with Crippen LogP contribution >= 0.6 is 11.6 Å². The maximum atomic E-state index is 6.10. The summed E-state index contributed by atoms with van der Waals surface area (Å²) in [6, 6.07) is 0.379. The summed E-state index contributed by atoms with van der Waals surface area (Å²) in [5, 5.41) is 0.494. The average Bonchev–Trinajstić information content (AvgIpc) is 2.14. The average molecular weight is 228 g/mol. The fourth-order valence-electron chi connectivity index (χ4n) is 1.51. The normalized spacial score (nSPS) is 10.9. The van der Waals surface area contributed by atoms with Crippen LogP contribution in [0.5, 0.6) is 0 Å². The Morgan fingerprint density at radius 3 is 2.20 bits per heavy atom. The molecule has 3 nitrogen and oxygen atoms in total. The van der Waals surface area contributed by atoms with Crippen LogP contribution in [0.1, 0.15) is 32.2 Å². The van der Waals surface area contributed by atoms with Gasteiger partial charge in [-0.3, -0.25) is 0 Å². The number of rotatable bonds is 3. The van der Waals surface area contributed by atoms with E-state index in [1.807, 2.05) is 13.8 Å². The molecule has 0 saturated heterocycles. The second-order valence-electron chi connectivity index (χ2n) is 3.89. The second kappa shape index (κ2) is 4.79. The van der Waals surface area contributed by atoms with Crippen LogP contribution < -0.4 is 4.90 Å². The van der Waals surface area contributed by atoms with Crippen LogP contribution in [0.3, 0.4) is 0 Å². The van der Waals surface area contributed by atoms with Crippen molar-refractivity contribution in [3.63, 3.8) is 0 Å². The van der Waals surface area contributed by atoms with Crippen molar-refractivity contribution < 1.29 is 0 Å². The van der Waals surface area contributed by atoms with Gasteiger partial charge in [0.1, 0.15) is 0 Å². The molecule has 0 aliphatic rings. The molecular formula is C11H18ClN3. The van der Waals surface area contributed by atoms with Crippen LogP contribution in [0.25, 0.3) is 0 Å². The van der Waals surface area contributed by atoms with Crippen LogP contribution in [-0.2, 0) is 0 Å². The lowest BCUT2D eigenvalue weighted by Gasteiger charge is -2.27. The van der Waals surface area contributed by atoms with E-state index in [9.17, 15) is 0 Å². The van der Waals surface area contributed by atoms with Gasteiger partial charge in [-0.25, -0.2) is 9.97 Å². The lowest BCUT2D eigenvalue weighted by atomic mass is 10.3. The van der Waals surface area contributed by atoms with Crippen LogP contribution in [0.15, 0.2) is 0 Å². The van der Waals surface area contributed by atoms with Crippen LogP contribution in [0.2, 0.25) is 5.15 Å². The summed E-state index contributed by atoms with van der Waals surface area (Å²) in [5.41, 5.74) is 1.83. The summed E-state index contributed by atoms with van der Waals surface area (Å²) in [7, 11) is 0. The van der Waals surface area contributed by atoms with Crippen molar-refractivity contribution in [2.45, 2.75) is 40.7 Å². The first-order valence-corrected chi connectivity index (χ1v) is 5.62. The molecule has 1 aromatic rings. The fraction of sp³-hybridized carbons (Fsp3) is 0.636. The van der Waals surface area contributed by atoms with Crippen molar-refractivity contribution in [2.75, 3.05) is 11.4 Å². The number of anilines is 1. The zero-order valence-corrected chi connectivity index (χ0v) is 10.8. The molecule has 0 unspecified atom stereocenters. The molecule has 0 N–H and O–H groups in total. The number of nitrogens with zero attached hydrogens (tertiary/aromatic N) is 3. The molecule has 0 aliphatic carbocycles. The quantitative estimate of drug-likeness (QED) is 0.795. The van der Waals surface area contributed by atoms with Gasteiger partial charge >= 0.3 is 0 Å². The summed E-state index contributed by atoms with van der Waals surface area (Å²) in [5.74, 6) is 0.789. The second-order valence-corrected chi connectivity index (χ2v) is 4.25. The molecule has 0 radical (unpaired) electrons. The van der Waals surface area contributed by atoms with Crippen molar-refractivity contribution in [1.82, 2.24) is 9.97 Å². The Hall–Kier alpha value is -0.830. The largest absolute Gasteiger partial charge is 0.352 e. The molecule has 4 heteroatoms. The highest BCUT2D eigenvalue weighted by Crippen LogP contribution is 2.24. The Balaban J connectivity index is 3.18. The van der Waals surface area contributed by atoms with E-state index in [2.05, 4.69) is 35.6 Å². The van der Waals surface area contributed by atoms with Crippen molar-refractivity contribution in [3.05, 3.63) is 16.5 Å². The van der Waals surface area contributed by atoms with Crippen molar-refractivity contribution in [1.29, 1.82) is 0 Å². The Morgan fingerprint density at radius 2 is 1.73 bits per heavy atom. The molecule has 1 heterocycles. The summed E-state index contributed by atoms with van der Waals surface area (Å²) in [4.78, 5) is 10.9. The smallest absolute Gasteiger partial charge is 0.171 e. The molecule has 15 heavy (non-hydrogen) atoms. The highest BCUT2D eigenvalue weighted by Gasteiger charge is 2.15. The fourth-order valence-corrected chi connectivity index (χ4v) is 1.78. The number of hydrogen-bond acceptors (Lipinski definition) is 3. The maximum Gasteiger partial charge on any atom is 0.171 e. The minimum absolute atomic E-state index is 0.379. The van der Waals surface area contributed by atoms with Gasteiger partial charge in [0.2, 0.25) is 0 Å². The maximum absolute atomic E-state index is 6.10. The Morgan fingerprint density at radius 1 is 1.20 bits per heavy atom. The van der Waals surface area contributed by atoms with E-state index in [0.29, 0.717) is 11.2 Å². The highest BCUT2D eigenvalue weighted by atomic mass is 35.5. The van der Waals surface area contributed by atoms with E-state index in [1.54, 1.807) is 0 Å². The molecule has 0 spiro atoms. The molecule has 0 aliphatic heterocycles. The number of aromatic nitrogens is 2. The summed E-state index contributed by atoms with van der Waals surface area (Å²) in [6.07, 6.45) is 0. The van der Waals surface area contributed by atoms with Crippen LogP contribution in [0.4, 0.5) is 5.82 Å². The van der Waals surface area contributed by atoms with Gasteiger partial charge in [0.25, 0.3) is 0 Å². The SMILES string of the molecule is CCN(c1nc(C)c(C)nc1Cl)C(C)C. The van der Waals surface area contributed by atoms with Gasteiger partial charge in [-0.05, 0) is 34.6 Å². The van der Waals surface area contributed by atoms with Crippen molar-refractivity contribution in [3.8, 4) is 0 Å². The predicted molar refractivity (Wildman–Crippen MR) is 64.7 cm³/mol. The van der Waals surface area contributed by atoms with Gasteiger partial charge in [0, 0.05) is 12.6 Å². The van der Waals surface area contributed by atoms with Gasteiger partial charge in [-0.15, -0.1) is 0 Å². The van der Waals surface area contributed by atoms with E-state index in [4.69, 9.17) is 11.6 Å². The molecule has 0 atom stereocenters. The molecule has 1 rings (SSSR count). The van der Waals surface area contributed by atoms with E-state index >= 15 is 0 Å². The molecule has 0 bridgehead atoms. The molecule has 0 aromatic carbocycles. The molecule has 0 saturated carbocycles. The van der Waals surface area contributed by atoms with Gasteiger partial charge in [-0.1, -0.05) is 11.6 Å². The molecule has 84 valence electrons. The molecule has 1 aromatic heterocycles. The predicted octanol–water partition coefficient (Wildman–Crippen LogP) is 2.98. The van der Waals surface area contributed by atoms with Gasteiger partial charge in [-0.2, -0.15) is 0 Å². The van der Waals surface area contributed by atoms with Crippen molar-refractivity contribution >= 4 is 17.4 Å². The lowest BCUT2D eigenvalue weighted by Crippen LogP contribution is -2.31.